The van der Waals surface area contributed by atoms with Crippen molar-refractivity contribution >= 4 is 33.2 Å². The Kier molecular flexibility index (Phi) is 5.82. The van der Waals surface area contributed by atoms with E-state index in [9.17, 15) is 13.2 Å². The Bertz CT molecular complexity index is 853. The molecule has 8 heteroatoms. The number of methoxy groups -OCH3 is 1. The number of nitrogens with one attached hydrogen (secondary N) is 2. The van der Waals surface area contributed by atoms with Crippen LogP contribution in [0.3, 0.4) is 0 Å². The molecule has 0 atom stereocenters. The molecule has 24 heavy (non-hydrogen) atoms. The summed E-state index contributed by atoms with van der Waals surface area (Å²) in [7, 11) is -2.28. The maximum atomic E-state index is 12.5. The van der Waals surface area contributed by atoms with Gasteiger partial charge in [-0.1, -0.05) is 30.7 Å². The largest absolute Gasteiger partial charge is 0.496 e. The zero-order valence-corrected chi connectivity index (χ0v) is 14.7. The highest BCUT2D eigenvalue weighted by Gasteiger charge is 2.19. The minimum Gasteiger partial charge on any atom is -0.496 e. The number of benzene rings is 2. The predicted octanol–water partition coefficient (Wildman–Crippen LogP) is 2.90. The Hall–Kier alpha value is -2.09. The van der Waals surface area contributed by atoms with Crippen molar-refractivity contribution in [3.63, 3.8) is 0 Å². The van der Waals surface area contributed by atoms with E-state index in [1.165, 1.54) is 25.3 Å². The maximum Gasteiger partial charge on any atom is 0.259 e. The second-order valence-electron chi connectivity index (χ2n) is 4.80. The summed E-state index contributed by atoms with van der Waals surface area (Å²) in [5, 5.41) is 3.02. The van der Waals surface area contributed by atoms with Crippen LogP contribution in [0.25, 0.3) is 0 Å². The first-order valence-corrected chi connectivity index (χ1v) is 8.98. The van der Waals surface area contributed by atoms with Crippen molar-refractivity contribution in [3.8, 4) is 5.75 Å². The van der Waals surface area contributed by atoms with Crippen molar-refractivity contribution < 1.29 is 17.9 Å². The monoisotopic (exact) mass is 368 g/mol. The number of para-hydroxylation sites is 1. The van der Waals surface area contributed by atoms with E-state index in [1.54, 1.807) is 31.2 Å². The van der Waals surface area contributed by atoms with Gasteiger partial charge in [0.25, 0.3) is 5.91 Å². The molecule has 0 aromatic heterocycles. The summed E-state index contributed by atoms with van der Waals surface area (Å²) in [5.41, 5.74) is 0.516. The average Bonchev–Trinajstić information content (AvgIpc) is 2.56. The molecule has 0 radical (unpaired) electrons. The number of hydrogen-bond acceptors (Lipinski definition) is 4. The van der Waals surface area contributed by atoms with Crippen LogP contribution in [-0.2, 0) is 10.0 Å². The number of carbonyl (C=O) groups excluding carboxylic acids is 1. The van der Waals surface area contributed by atoms with Crippen LogP contribution in [0.2, 0.25) is 5.02 Å². The molecule has 0 saturated heterocycles. The van der Waals surface area contributed by atoms with Crippen molar-refractivity contribution in [2.24, 2.45) is 0 Å². The Balaban J connectivity index is 2.41. The molecule has 1 amide bonds. The minimum absolute atomic E-state index is 0.0190. The molecule has 0 aliphatic carbocycles. The maximum absolute atomic E-state index is 12.5. The Morgan fingerprint density at radius 3 is 2.54 bits per heavy atom. The van der Waals surface area contributed by atoms with E-state index in [0.717, 1.165) is 0 Å². The fourth-order valence-corrected chi connectivity index (χ4v) is 3.31. The summed E-state index contributed by atoms with van der Waals surface area (Å²) in [6, 6.07) is 10.8. The van der Waals surface area contributed by atoms with Crippen molar-refractivity contribution in [2.75, 3.05) is 19.0 Å². The lowest BCUT2D eigenvalue weighted by molar-refractivity contribution is 0.102. The van der Waals surface area contributed by atoms with Gasteiger partial charge in [0, 0.05) is 6.54 Å². The molecule has 0 saturated carbocycles. The van der Waals surface area contributed by atoms with Crippen LogP contribution < -0.4 is 14.8 Å². The van der Waals surface area contributed by atoms with Gasteiger partial charge in [0.05, 0.1) is 28.3 Å². The molecule has 0 aliphatic rings. The minimum atomic E-state index is -3.68. The number of anilines is 1. The van der Waals surface area contributed by atoms with Crippen LogP contribution in [0.1, 0.15) is 17.3 Å². The molecule has 2 aromatic carbocycles. The van der Waals surface area contributed by atoms with Gasteiger partial charge in [-0.15, -0.1) is 0 Å². The lowest BCUT2D eigenvalue weighted by Gasteiger charge is -2.12. The van der Waals surface area contributed by atoms with Gasteiger partial charge in [-0.3, -0.25) is 4.79 Å². The first-order chi connectivity index (χ1) is 11.4. The smallest absolute Gasteiger partial charge is 0.259 e. The summed E-state index contributed by atoms with van der Waals surface area (Å²) >= 11 is 6.02. The highest BCUT2D eigenvalue weighted by atomic mass is 35.5. The normalized spacial score (nSPS) is 11.1. The molecule has 0 aliphatic heterocycles. The van der Waals surface area contributed by atoms with Gasteiger partial charge in [-0.25, -0.2) is 13.1 Å². The lowest BCUT2D eigenvalue weighted by atomic mass is 10.2. The van der Waals surface area contributed by atoms with Gasteiger partial charge in [0.1, 0.15) is 5.75 Å². The SMILES string of the molecule is CCNS(=O)(=O)c1ccc(OC)c(C(=O)Nc2ccccc2Cl)c1. The highest BCUT2D eigenvalue weighted by molar-refractivity contribution is 7.89. The summed E-state index contributed by atoms with van der Waals surface area (Å²) in [4.78, 5) is 12.5. The summed E-state index contributed by atoms with van der Waals surface area (Å²) < 4.78 is 31.8. The number of carbonyl (C=O) groups is 1. The summed E-state index contributed by atoms with van der Waals surface area (Å²) in [6.45, 7) is 1.92. The molecular weight excluding hydrogens is 352 g/mol. The van der Waals surface area contributed by atoms with Crippen LogP contribution in [-0.4, -0.2) is 28.0 Å². The Labute approximate surface area is 145 Å². The van der Waals surface area contributed by atoms with Gasteiger partial charge >= 0.3 is 0 Å². The zero-order valence-electron chi connectivity index (χ0n) is 13.2. The molecule has 2 N–H and O–H groups in total. The molecule has 2 aromatic rings. The average molecular weight is 369 g/mol. The van der Waals surface area contributed by atoms with Crippen LogP contribution in [0, 0.1) is 0 Å². The molecule has 0 spiro atoms. The molecule has 6 nitrogen and oxygen atoms in total. The topological polar surface area (TPSA) is 84.5 Å². The van der Waals surface area contributed by atoms with Crippen molar-refractivity contribution in [2.45, 2.75) is 11.8 Å². The Morgan fingerprint density at radius 2 is 1.92 bits per heavy atom. The number of ether oxygens (including phenoxy) is 1. The van der Waals surface area contributed by atoms with Gasteiger partial charge in [0.15, 0.2) is 0 Å². The fraction of sp³-hybridized carbons (Fsp3) is 0.188. The van der Waals surface area contributed by atoms with Crippen molar-refractivity contribution in [3.05, 3.63) is 53.1 Å². The molecule has 0 bridgehead atoms. The van der Waals surface area contributed by atoms with Crippen LogP contribution in [0.4, 0.5) is 5.69 Å². The number of amides is 1. The van der Waals surface area contributed by atoms with E-state index in [4.69, 9.17) is 16.3 Å². The first kappa shape index (κ1) is 18.3. The molecule has 0 fully saturated rings. The van der Waals surface area contributed by atoms with E-state index >= 15 is 0 Å². The third-order valence-electron chi connectivity index (χ3n) is 3.18. The third kappa shape index (κ3) is 4.05. The summed E-state index contributed by atoms with van der Waals surface area (Å²) in [6.07, 6.45) is 0. The van der Waals surface area contributed by atoms with Crippen LogP contribution in [0.5, 0.6) is 5.75 Å². The van der Waals surface area contributed by atoms with Gasteiger partial charge in [-0.05, 0) is 30.3 Å². The van der Waals surface area contributed by atoms with Crippen molar-refractivity contribution in [1.29, 1.82) is 0 Å². The summed E-state index contributed by atoms with van der Waals surface area (Å²) in [5.74, 6) is -0.261. The van der Waals surface area contributed by atoms with Crippen molar-refractivity contribution in [1.82, 2.24) is 4.72 Å². The number of hydrogen-bond donors (Lipinski definition) is 2. The second-order valence-corrected chi connectivity index (χ2v) is 6.97. The quantitative estimate of drug-likeness (QED) is 0.821. The van der Waals surface area contributed by atoms with E-state index < -0.39 is 15.9 Å². The zero-order chi connectivity index (χ0) is 17.7. The first-order valence-electron chi connectivity index (χ1n) is 7.12. The van der Waals surface area contributed by atoms with E-state index in [0.29, 0.717) is 10.7 Å². The second kappa shape index (κ2) is 7.65. The fourth-order valence-electron chi connectivity index (χ4n) is 2.06. The molecule has 128 valence electrons. The Morgan fingerprint density at radius 1 is 1.21 bits per heavy atom. The molecule has 0 heterocycles. The standard InChI is InChI=1S/C16H17ClN2O4S/c1-3-18-24(21,22)11-8-9-15(23-2)12(10-11)16(20)19-14-7-5-4-6-13(14)17/h4-10,18H,3H2,1-2H3,(H,19,20). The van der Waals surface area contributed by atoms with Crippen LogP contribution >= 0.6 is 11.6 Å². The molecular formula is C16H17ClN2O4S. The molecule has 0 unspecified atom stereocenters. The van der Waals surface area contributed by atoms with Crippen LogP contribution in [0.15, 0.2) is 47.4 Å². The van der Waals surface area contributed by atoms with Gasteiger partial charge < -0.3 is 10.1 Å². The predicted molar refractivity (Wildman–Crippen MR) is 93.3 cm³/mol. The van der Waals surface area contributed by atoms with E-state index in [-0.39, 0.29) is 22.8 Å². The van der Waals surface area contributed by atoms with Gasteiger partial charge in [0.2, 0.25) is 10.0 Å². The lowest BCUT2D eigenvalue weighted by Crippen LogP contribution is -2.24. The number of halogens is 1. The third-order valence-corrected chi connectivity index (χ3v) is 5.06. The van der Waals surface area contributed by atoms with E-state index in [2.05, 4.69) is 10.0 Å². The van der Waals surface area contributed by atoms with Gasteiger partial charge in [-0.2, -0.15) is 0 Å². The number of rotatable bonds is 6. The number of sulfonamides is 1. The molecule has 2 rings (SSSR count). The highest BCUT2D eigenvalue weighted by Crippen LogP contribution is 2.26. The van der Waals surface area contributed by atoms with E-state index in [1.807, 2.05) is 0 Å².